The van der Waals surface area contributed by atoms with E-state index in [-0.39, 0.29) is 11.7 Å². The lowest BCUT2D eigenvalue weighted by Gasteiger charge is -2.15. The monoisotopic (exact) mass is 543 g/mol. The van der Waals surface area contributed by atoms with Gasteiger partial charge >= 0.3 is 0 Å². The maximum atomic E-state index is 10.9. The molecule has 0 aliphatic carbocycles. The molecule has 0 amide bonds. The minimum Gasteiger partial charge on any atom is -0.507 e. The Balaban J connectivity index is 1.39. The van der Waals surface area contributed by atoms with E-state index in [1.807, 2.05) is 48.7 Å². The van der Waals surface area contributed by atoms with Gasteiger partial charge in [-0.2, -0.15) is 0 Å². The van der Waals surface area contributed by atoms with Gasteiger partial charge in [0.25, 0.3) is 0 Å². The number of imidazole rings is 1. The van der Waals surface area contributed by atoms with Crippen LogP contribution in [0.2, 0.25) is 0 Å². The third-order valence-corrected chi connectivity index (χ3v) is 7.92. The molecule has 0 saturated carbocycles. The van der Waals surface area contributed by atoms with Gasteiger partial charge in [0.1, 0.15) is 11.6 Å². The lowest BCUT2D eigenvalue weighted by Crippen LogP contribution is -2.00. The molecule has 0 aliphatic heterocycles. The highest BCUT2D eigenvalue weighted by molar-refractivity contribution is 5.96. The molecule has 5 aromatic carbocycles. The first kappa shape index (κ1) is 25.5. The third-order valence-electron chi connectivity index (χ3n) is 7.92. The second kappa shape index (κ2) is 10.8. The van der Waals surface area contributed by atoms with Crippen LogP contribution in [0.1, 0.15) is 24.0 Å². The summed E-state index contributed by atoms with van der Waals surface area (Å²) in [5.41, 5.74) is 10.1. The molecule has 0 bridgehead atoms. The number of rotatable bonds is 6. The summed E-state index contributed by atoms with van der Waals surface area (Å²) in [6, 6.07) is 47.3. The van der Waals surface area contributed by atoms with E-state index in [0.29, 0.717) is 11.4 Å². The Kier molecular flexibility index (Phi) is 6.57. The molecule has 2 aromatic heterocycles. The van der Waals surface area contributed by atoms with Gasteiger partial charge in [-0.25, -0.2) is 4.98 Å². The van der Waals surface area contributed by atoms with Crippen LogP contribution in [0.25, 0.3) is 50.5 Å². The quantitative estimate of drug-likeness (QED) is 0.227. The molecule has 1 N–H and O–H groups in total. The molecule has 4 nitrogen and oxygen atoms in total. The lowest BCUT2D eigenvalue weighted by atomic mass is 9.93. The van der Waals surface area contributed by atoms with E-state index in [9.17, 15) is 5.11 Å². The van der Waals surface area contributed by atoms with Crippen LogP contribution in [-0.2, 0) is 0 Å². The third kappa shape index (κ3) is 4.63. The van der Waals surface area contributed by atoms with Gasteiger partial charge in [-0.3, -0.25) is 9.55 Å². The maximum absolute atomic E-state index is 10.9. The molecule has 7 aromatic rings. The van der Waals surface area contributed by atoms with Crippen molar-refractivity contribution in [3.05, 3.63) is 157 Å². The zero-order valence-electron chi connectivity index (χ0n) is 23.2. The summed E-state index contributed by atoms with van der Waals surface area (Å²) in [4.78, 5) is 9.74. The first-order chi connectivity index (χ1) is 20.7. The van der Waals surface area contributed by atoms with E-state index in [1.54, 1.807) is 6.07 Å². The van der Waals surface area contributed by atoms with Gasteiger partial charge < -0.3 is 5.11 Å². The Hall–Kier alpha value is -5.48. The number of hydrogen-bond donors (Lipinski definition) is 1. The molecule has 202 valence electrons. The number of nitrogens with zero attached hydrogens (tertiary/aromatic N) is 3. The fourth-order valence-electron chi connectivity index (χ4n) is 5.66. The molecule has 0 saturated heterocycles. The van der Waals surface area contributed by atoms with Crippen molar-refractivity contribution in [3.8, 4) is 45.2 Å². The van der Waals surface area contributed by atoms with Crippen LogP contribution in [-0.4, -0.2) is 19.6 Å². The summed E-state index contributed by atoms with van der Waals surface area (Å²) in [7, 11) is 0. The Morgan fingerprint density at radius 2 is 1.31 bits per heavy atom. The minimum atomic E-state index is 0.196. The normalized spacial score (nSPS) is 11.9. The van der Waals surface area contributed by atoms with Gasteiger partial charge in [-0.05, 0) is 65.2 Å². The number of aromatic nitrogens is 3. The number of hydrogen-bond acceptors (Lipinski definition) is 3. The summed E-state index contributed by atoms with van der Waals surface area (Å²) in [5.74, 6) is 1.16. The highest BCUT2D eigenvalue weighted by atomic mass is 16.3. The van der Waals surface area contributed by atoms with Gasteiger partial charge in [0.15, 0.2) is 0 Å². The second-order valence-corrected chi connectivity index (χ2v) is 10.5. The van der Waals surface area contributed by atoms with Crippen molar-refractivity contribution in [3.63, 3.8) is 0 Å². The van der Waals surface area contributed by atoms with E-state index in [2.05, 4.69) is 107 Å². The summed E-state index contributed by atoms with van der Waals surface area (Å²) in [6.45, 7) is 2.23. The fraction of sp³-hybridized carbons (Fsp3) is 0.0526. The molecule has 0 spiro atoms. The summed E-state index contributed by atoms with van der Waals surface area (Å²) in [5, 5.41) is 10.9. The summed E-state index contributed by atoms with van der Waals surface area (Å²) in [6.07, 6.45) is 1.81. The Morgan fingerprint density at radius 1 is 0.619 bits per heavy atom. The highest BCUT2D eigenvalue weighted by Gasteiger charge is 2.20. The van der Waals surface area contributed by atoms with Crippen molar-refractivity contribution in [2.75, 3.05) is 0 Å². The van der Waals surface area contributed by atoms with Gasteiger partial charge in [0.05, 0.1) is 22.3 Å². The molecule has 1 unspecified atom stereocenters. The molecule has 0 fully saturated rings. The molecular formula is C38H29N3O. The first-order valence-corrected chi connectivity index (χ1v) is 14.1. The van der Waals surface area contributed by atoms with Crippen LogP contribution in [0, 0.1) is 0 Å². The summed E-state index contributed by atoms with van der Waals surface area (Å²) < 4.78 is 2.15. The van der Waals surface area contributed by atoms with Crippen LogP contribution in [0.3, 0.4) is 0 Å². The van der Waals surface area contributed by atoms with E-state index in [1.165, 1.54) is 11.1 Å². The standard InChI is InChI=1S/C38H29N3O/c1-26(27-11-3-2-4-12-27)28-20-22-31(23-21-28)41-35-18-10-16-32(37(35)40-38(41)33-15-5-6-19-36(33)42)29-13-9-14-30(25-29)34-17-7-8-24-39-34/h2-26,42H,1H3. The Labute approximate surface area is 245 Å². The van der Waals surface area contributed by atoms with Crippen LogP contribution >= 0.6 is 0 Å². The Morgan fingerprint density at radius 3 is 2.10 bits per heavy atom. The smallest absolute Gasteiger partial charge is 0.149 e. The van der Waals surface area contributed by atoms with Gasteiger partial charge in [-0.1, -0.05) is 97.9 Å². The van der Waals surface area contributed by atoms with Crippen molar-refractivity contribution < 1.29 is 5.11 Å². The van der Waals surface area contributed by atoms with Gasteiger partial charge in [0, 0.05) is 28.9 Å². The number of phenolic OH excluding ortho intramolecular Hbond substituents is 1. The summed E-state index contributed by atoms with van der Waals surface area (Å²) >= 11 is 0. The fourth-order valence-corrected chi connectivity index (χ4v) is 5.66. The van der Waals surface area contributed by atoms with Crippen LogP contribution < -0.4 is 0 Å². The number of benzene rings is 5. The second-order valence-electron chi connectivity index (χ2n) is 10.5. The number of aromatic hydroxyl groups is 1. The van der Waals surface area contributed by atoms with Crippen molar-refractivity contribution in [1.82, 2.24) is 14.5 Å². The molecule has 0 radical (unpaired) electrons. The highest BCUT2D eigenvalue weighted by Crippen LogP contribution is 2.38. The largest absolute Gasteiger partial charge is 0.507 e. The van der Waals surface area contributed by atoms with Crippen LogP contribution in [0.5, 0.6) is 5.75 Å². The molecule has 1 atom stereocenters. The molecule has 7 rings (SSSR count). The predicted molar refractivity (Wildman–Crippen MR) is 171 cm³/mol. The van der Waals surface area contributed by atoms with E-state index >= 15 is 0 Å². The molecule has 42 heavy (non-hydrogen) atoms. The molecule has 0 aliphatic rings. The van der Waals surface area contributed by atoms with Crippen molar-refractivity contribution in [2.24, 2.45) is 0 Å². The predicted octanol–water partition coefficient (Wildman–Crippen LogP) is 9.28. The number of para-hydroxylation sites is 2. The van der Waals surface area contributed by atoms with Crippen molar-refractivity contribution in [1.29, 1.82) is 0 Å². The average Bonchev–Trinajstić information content (AvgIpc) is 3.45. The first-order valence-electron chi connectivity index (χ1n) is 14.1. The molecule has 2 heterocycles. The number of fused-ring (bicyclic) bond motifs is 1. The van der Waals surface area contributed by atoms with Crippen molar-refractivity contribution in [2.45, 2.75) is 12.8 Å². The number of pyridine rings is 1. The van der Waals surface area contributed by atoms with Crippen LogP contribution in [0.15, 0.2) is 146 Å². The molecule has 4 heteroatoms. The zero-order valence-corrected chi connectivity index (χ0v) is 23.2. The van der Waals surface area contributed by atoms with E-state index in [4.69, 9.17) is 4.98 Å². The average molecular weight is 544 g/mol. The zero-order chi connectivity index (χ0) is 28.5. The Bertz CT molecular complexity index is 1990. The SMILES string of the molecule is CC(c1ccccc1)c1ccc(-n2c(-c3ccccc3O)nc3c(-c4cccc(-c5ccccn5)c4)cccc32)cc1. The van der Waals surface area contributed by atoms with Crippen LogP contribution in [0.4, 0.5) is 0 Å². The number of phenols is 1. The van der Waals surface area contributed by atoms with Crippen molar-refractivity contribution >= 4 is 11.0 Å². The van der Waals surface area contributed by atoms with E-state index < -0.39 is 0 Å². The van der Waals surface area contributed by atoms with Gasteiger partial charge in [-0.15, -0.1) is 0 Å². The molecular weight excluding hydrogens is 514 g/mol. The van der Waals surface area contributed by atoms with Gasteiger partial charge in [0.2, 0.25) is 0 Å². The minimum absolute atomic E-state index is 0.196. The maximum Gasteiger partial charge on any atom is 0.149 e. The topological polar surface area (TPSA) is 50.9 Å². The van der Waals surface area contributed by atoms with E-state index in [0.717, 1.165) is 39.1 Å². The lowest BCUT2D eigenvalue weighted by molar-refractivity contribution is 0.477.